The highest BCUT2D eigenvalue weighted by Crippen LogP contribution is 2.18. The molecule has 0 aliphatic carbocycles. The van der Waals surface area contributed by atoms with Crippen LogP contribution >= 0.6 is 12.4 Å². The monoisotopic (exact) mass is 249 g/mol. The van der Waals surface area contributed by atoms with Crippen molar-refractivity contribution in [3.63, 3.8) is 0 Å². The molecule has 1 aliphatic heterocycles. The van der Waals surface area contributed by atoms with E-state index in [4.69, 9.17) is 4.55 Å². The number of hydrogen-bond donors (Lipinski definition) is 2. The third-order valence-electron chi connectivity index (χ3n) is 2.36. The van der Waals surface area contributed by atoms with Gasteiger partial charge in [-0.3, -0.25) is 4.55 Å². The summed E-state index contributed by atoms with van der Waals surface area (Å²) in [7, 11) is -4.06. The molecule has 0 saturated heterocycles. The molecule has 15 heavy (non-hydrogen) atoms. The van der Waals surface area contributed by atoms with Crippen LogP contribution in [0.15, 0.2) is 23.1 Å². The molecule has 0 fully saturated rings. The van der Waals surface area contributed by atoms with Gasteiger partial charge in [0.1, 0.15) is 0 Å². The van der Waals surface area contributed by atoms with E-state index in [9.17, 15) is 8.42 Å². The van der Waals surface area contributed by atoms with Gasteiger partial charge in [0.05, 0.1) is 4.90 Å². The largest absolute Gasteiger partial charge is 0.312 e. The Morgan fingerprint density at radius 3 is 2.67 bits per heavy atom. The highest BCUT2D eigenvalue weighted by molar-refractivity contribution is 7.85. The summed E-state index contributed by atoms with van der Waals surface area (Å²) in [6, 6.07) is 4.72. The molecule has 0 bridgehead atoms. The molecule has 1 heterocycles. The Balaban J connectivity index is 0.00000112. The average Bonchev–Trinajstić information content (AvgIpc) is 2.16. The second kappa shape index (κ2) is 4.49. The Labute approximate surface area is 94.9 Å². The maximum absolute atomic E-state index is 10.9. The van der Waals surface area contributed by atoms with Crippen molar-refractivity contribution in [1.82, 2.24) is 5.32 Å². The van der Waals surface area contributed by atoms with Gasteiger partial charge >= 0.3 is 0 Å². The molecule has 0 saturated carbocycles. The highest BCUT2D eigenvalue weighted by atomic mass is 35.5. The Kier molecular flexibility index (Phi) is 3.72. The lowest BCUT2D eigenvalue weighted by Gasteiger charge is -2.17. The highest BCUT2D eigenvalue weighted by Gasteiger charge is 2.14. The quantitative estimate of drug-likeness (QED) is 0.729. The number of hydrogen-bond acceptors (Lipinski definition) is 3. The summed E-state index contributed by atoms with van der Waals surface area (Å²) in [5.41, 5.74) is 2.10. The first-order chi connectivity index (χ1) is 6.57. The van der Waals surface area contributed by atoms with E-state index in [0.29, 0.717) is 0 Å². The average molecular weight is 250 g/mol. The third kappa shape index (κ3) is 2.69. The van der Waals surface area contributed by atoms with Crippen LogP contribution in [0.2, 0.25) is 0 Å². The van der Waals surface area contributed by atoms with Gasteiger partial charge in [-0.05, 0) is 36.2 Å². The van der Waals surface area contributed by atoms with Crippen LogP contribution < -0.4 is 5.32 Å². The standard InChI is InChI=1S/C9H11NO3S.ClH/c11-14(12,13)9-2-1-8-6-10-4-3-7(8)5-9;/h1-2,5,10H,3-4,6H2,(H,11,12,13);1H. The van der Waals surface area contributed by atoms with Crippen LogP contribution in [0.4, 0.5) is 0 Å². The molecular weight excluding hydrogens is 238 g/mol. The van der Waals surface area contributed by atoms with Crippen molar-refractivity contribution in [2.24, 2.45) is 0 Å². The van der Waals surface area contributed by atoms with Crippen molar-refractivity contribution in [3.8, 4) is 0 Å². The molecule has 2 N–H and O–H groups in total. The number of benzene rings is 1. The summed E-state index contributed by atoms with van der Waals surface area (Å²) in [6.45, 7) is 1.61. The molecule has 0 radical (unpaired) electrons. The van der Waals surface area contributed by atoms with E-state index in [1.165, 1.54) is 6.07 Å². The van der Waals surface area contributed by atoms with Crippen molar-refractivity contribution in [1.29, 1.82) is 0 Å². The van der Waals surface area contributed by atoms with Crippen molar-refractivity contribution in [3.05, 3.63) is 29.3 Å². The van der Waals surface area contributed by atoms with E-state index in [2.05, 4.69) is 5.32 Å². The molecule has 1 aliphatic rings. The van der Waals surface area contributed by atoms with E-state index in [0.717, 1.165) is 30.6 Å². The Bertz CT molecular complexity index is 458. The van der Waals surface area contributed by atoms with Gasteiger partial charge in [0.25, 0.3) is 10.1 Å². The first-order valence-electron chi connectivity index (χ1n) is 4.37. The lowest BCUT2D eigenvalue weighted by molar-refractivity contribution is 0.483. The maximum atomic E-state index is 10.9. The predicted molar refractivity (Wildman–Crippen MR) is 58.9 cm³/mol. The molecular formula is C9H12ClNO3S. The molecule has 0 unspecified atom stereocenters. The third-order valence-corrected chi connectivity index (χ3v) is 3.21. The molecule has 1 aromatic rings. The second-order valence-electron chi connectivity index (χ2n) is 3.33. The normalized spacial score (nSPS) is 15.3. The van der Waals surface area contributed by atoms with Crippen LogP contribution in [0.3, 0.4) is 0 Å². The van der Waals surface area contributed by atoms with Crippen LogP contribution in [0.25, 0.3) is 0 Å². The van der Waals surface area contributed by atoms with Gasteiger partial charge in [-0.15, -0.1) is 12.4 Å². The van der Waals surface area contributed by atoms with Gasteiger partial charge in [0.15, 0.2) is 0 Å². The molecule has 0 atom stereocenters. The molecule has 0 amide bonds. The predicted octanol–water partition coefficient (Wildman–Crippen LogP) is 1.00. The minimum atomic E-state index is -4.06. The fraction of sp³-hybridized carbons (Fsp3) is 0.333. The van der Waals surface area contributed by atoms with Crippen molar-refractivity contribution >= 4 is 22.5 Å². The van der Waals surface area contributed by atoms with Gasteiger partial charge < -0.3 is 5.32 Å². The van der Waals surface area contributed by atoms with Crippen molar-refractivity contribution in [2.75, 3.05) is 6.54 Å². The topological polar surface area (TPSA) is 66.4 Å². The molecule has 6 heteroatoms. The van der Waals surface area contributed by atoms with Crippen LogP contribution in [0, 0.1) is 0 Å². The maximum Gasteiger partial charge on any atom is 0.294 e. The SMILES string of the molecule is Cl.O=S(=O)(O)c1ccc2c(c1)CCNC2. The van der Waals surface area contributed by atoms with Gasteiger partial charge in [-0.1, -0.05) is 6.07 Å². The number of halogens is 1. The lowest BCUT2D eigenvalue weighted by Crippen LogP contribution is -2.23. The first kappa shape index (κ1) is 12.4. The summed E-state index contributed by atoms with van der Waals surface area (Å²) < 4.78 is 30.6. The molecule has 2 rings (SSSR count). The lowest BCUT2D eigenvalue weighted by atomic mass is 10.0. The zero-order valence-electron chi connectivity index (χ0n) is 7.93. The minimum Gasteiger partial charge on any atom is -0.312 e. The van der Waals surface area contributed by atoms with Gasteiger partial charge in [-0.2, -0.15) is 8.42 Å². The zero-order chi connectivity index (χ0) is 10.2. The second-order valence-corrected chi connectivity index (χ2v) is 4.75. The van der Waals surface area contributed by atoms with Crippen LogP contribution in [0.5, 0.6) is 0 Å². The molecule has 1 aromatic carbocycles. The summed E-state index contributed by atoms with van der Waals surface area (Å²) in [6.07, 6.45) is 0.804. The van der Waals surface area contributed by atoms with E-state index in [1.54, 1.807) is 12.1 Å². The molecule has 0 spiro atoms. The molecule has 84 valence electrons. The number of fused-ring (bicyclic) bond motifs is 1. The Hall–Kier alpha value is -0.620. The zero-order valence-corrected chi connectivity index (χ0v) is 9.57. The van der Waals surface area contributed by atoms with Gasteiger partial charge in [0.2, 0.25) is 0 Å². The summed E-state index contributed by atoms with van der Waals surface area (Å²) >= 11 is 0. The number of rotatable bonds is 1. The summed E-state index contributed by atoms with van der Waals surface area (Å²) in [5, 5.41) is 3.19. The molecule has 0 aromatic heterocycles. The Morgan fingerprint density at radius 2 is 2.00 bits per heavy atom. The minimum absolute atomic E-state index is 0. The van der Waals surface area contributed by atoms with Crippen molar-refractivity contribution in [2.45, 2.75) is 17.9 Å². The van der Waals surface area contributed by atoms with Crippen LogP contribution in [-0.4, -0.2) is 19.5 Å². The first-order valence-corrected chi connectivity index (χ1v) is 5.81. The summed E-state index contributed by atoms with van der Waals surface area (Å²) in [5.74, 6) is 0. The number of nitrogens with one attached hydrogen (secondary N) is 1. The Morgan fingerprint density at radius 1 is 1.27 bits per heavy atom. The van der Waals surface area contributed by atoms with E-state index in [-0.39, 0.29) is 17.3 Å². The van der Waals surface area contributed by atoms with Crippen LogP contribution in [0.1, 0.15) is 11.1 Å². The summed E-state index contributed by atoms with van der Waals surface area (Å²) in [4.78, 5) is -0.0156. The van der Waals surface area contributed by atoms with E-state index >= 15 is 0 Å². The van der Waals surface area contributed by atoms with E-state index in [1.807, 2.05) is 0 Å². The van der Waals surface area contributed by atoms with E-state index < -0.39 is 10.1 Å². The smallest absolute Gasteiger partial charge is 0.294 e. The van der Waals surface area contributed by atoms with Gasteiger partial charge in [0, 0.05) is 6.54 Å². The van der Waals surface area contributed by atoms with Crippen molar-refractivity contribution < 1.29 is 13.0 Å². The molecule has 4 nitrogen and oxygen atoms in total. The van der Waals surface area contributed by atoms with Crippen LogP contribution in [-0.2, 0) is 23.1 Å². The van der Waals surface area contributed by atoms with Gasteiger partial charge in [-0.25, -0.2) is 0 Å². The fourth-order valence-corrected chi connectivity index (χ4v) is 2.15. The fourth-order valence-electron chi connectivity index (χ4n) is 1.61.